The average molecular weight is 524 g/mol. The molecule has 0 aliphatic carbocycles. The minimum atomic E-state index is -0.232. The van der Waals surface area contributed by atoms with E-state index in [2.05, 4.69) is 19.2 Å². The summed E-state index contributed by atoms with van der Waals surface area (Å²) in [6.07, 6.45) is 33.1. The molecule has 1 amide bonds. The molecule has 0 fully saturated rings. The Bertz CT molecular complexity index is 494. The molecule has 1 atom stereocenters. The van der Waals surface area contributed by atoms with Crippen LogP contribution in [0.25, 0.3) is 0 Å². The van der Waals surface area contributed by atoms with Gasteiger partial charge in [0.05, 0.1) is 6.61 Å². The lowest BCUT2D eigenvalue weighted by Gasteiger charge is -2.11. The van der Waals surface area contributed by atoms with Gasteiger partial charge in [0, 0.05) is 19.9 Å². The second kappa shape index (κ2) is 29.5. The number of rotatable bonds is 29. The third-order valence-electron chi connectivity index (χ3n) is 7.52. The number of carbonyl (C=O) groups excluding carboxylic acids is 2. The van der Waals surface area contributed by atoms with Gasteiger partial charge in [0.15, 0.2) is 0 Å². The fraction of sp³-hybridized carbons (Fsp3) is 0.939. The Morgan fingerprint density at radius 3 is 1.35 bits per heavy atom. The quantitative estimate of drug-likeness (QED) is 0.0783. The molecule has 0 aromatic heterocycles. The minimum Gasteiger partial charge on any atom is -0.466 e. The maximum absolute atomic E-state index is 11.9. The van der Waals surface area contributed by atoms with Crippen LogP contribution in [0.3, 0.4) is 0 Å². The van der Waals surface area contributed by atoms with Gasteiger partial charge in [-0.3, -0.25) is 9.59 Å². The fourth-order valence-electron chi connectivity index (χ4n) is 5.00. The van der Waals surface area contributed by atoms with Crippen LogP contribution < -0.4 is 5.32 Å². The molecular formula is C33H65NO3. The second-order valence-corrected chi connectivity index (χ2v) is 11.6. The molecule has 0 saturated carbocycles. The SMILES string of the molecule is CCCCCCCCCCCCCCCCCCCCCCCCNC(=O)CCC[C@H](C)COC(C)=O. The Labute approximate surface area is 231 Å². The lowest BCUT2D eigenvalue weighted by atomic mass is 10.0. The Kier molecular flexibility index (Phi) is 28.7. The van der Waals surface area contributed by atoms with Crippen molar-refractivity contribution in [2.45, 2.75) is 181 Å². The summed E-state index contributed by atoms with van der Waals surface area (Å²) in [7, 11) is 0. The average Bonchev–Trinajstić information content (AvgIpc) is 2.88. The number of esters is 1. The Balaban J connectivity index is 3.18. The predicted molar refractivity (Wildman–Crippen MR) is 160 cm³/mol. The van der Waals surface area contributed by atoms with E-state index in [1.54, 1.807) is 0 Å². The monoisotopic (exact) mass is 523 g/mol. The molecular weight excluding hydrogens is 458 g/mol. The van der Waals surface area contributed by atoms with E-state index in [1.165, 1.54) is 142 Å². The maximum Gasteiger partial charge on any atom is 0.302 e. The number of carbonyl (C=O) groups is 2. The van der Waals surface area contributed by atoms with Gasteiger partial charge in [-0.2, -0.15) is 0 Å². The number of ether oxygens (including phenoxy) is 1. The highest BCUT2D eigenvalue weighted by Crippen LogP contribution is 2.15. The number of unbranched alkanes of at least 4 members (excludes halogenated alkanes) is 21. The molecule has 0 aliphatic rings. The molecule has 0 aliphatic heterocycles. The van der Waals surface area contributed by atoms with E-state index < -0.39 is 0 Å². The van der Waals surface area contributed by atoms with Crippen molar-refractivity contribution in [3.8, 4) is 0 Å². The lowest BCUT2D eigenvalue weighted by molar-refractivity contribution is -0.142. The fourth-order valence-corrected chi connectivity index (χ4v) is 5.00. The van der Waals surface area contributed by atoms with Crippen LogP contribution in [-0.2, 0) is 14.3 Å². The van der Waals surface area contributed by atoms with Gasteiger partial charge in [0.2, 0.25) is 5.91 Å². The molecule has 4 heteroatoms. The highest BCUT2D eigenvalue weighted by molar-refractivity contribution is 5.75. The summed E-state index contributed by atoms with van der Waals surface area (Å²) in [6, 6.07) is 0. The van der Waals surface area contributed by atoms with E-state index in [-0.39, 0.29) is 11.9 Å². The van der Waals surface area contributed by atoms with Crippen LogP contribution in [0.5, 0.6) is 0 Å². The summed E-state index contributed by atoms with van der Waals surface area (Å²) < 4.78 is 5.00. The van der Waals surface area contributed by atoms with Gasteiger partial charge in [-0.1, -0.05) is 149 Å². The summed E-state index contributed by atoms with van der Waals surface area (Å²) in [5.41, 5.74) is 0. The highest BCUT2D eigenvalue weighted by atomic mass is 16.5. The zero-order valence-corrected chi connectivity index (χ0v) is 25.4. The van der Waals surface area contributed by atoms with E-state index in [0.717, 1.165) is 25.8 Å². The van der Waals surface area contributed by atoms with Gasteiger partial charge in [-0.25, -0.2) is 0 Å². The molecule has 0 radical (unpaired) electrons. The summed E-state index contributed by atoms with van der Waals surface area (Å²) in [4.78, 5) is 22.7. The topological polar surface area (TPSA) is 55.4 Å². The van der Waals surface area contributed by atoms with E-state index in [4.69, 9.17) is 4.74 Å². The molecule has 0 aromatic carbocycles. The molecule has 0 unspecified atom stereocenters. The third kappa shape index (κ3) is 31.1. The van der Waals surface area contributed by atoms with E-state index in [9.17, 15) is 9.59 Å². The van der Waals surface area contributed by atoms with Gasteiger partial charge in [0.1, 0.15) is 0 Å². The first kappa shape index (κ1) is 35.9. The zero-order chi connectivity index (χ0) is 27.2. The van der Waals surface area contributed by atoms with Crippen molar-refractivity contribution in [1.29, 1.82) is 0 Å². The Morgan fingerprint density at radius 2 is 0.973 bits per heavy atom. The first-order valence-corrected chi connectivity index (χ1v) is 16.5. The van der Waals surface area contributed by atoms with E-state index in [0.29, 0.717) is 18.9 Å². The summed E-state index contributed by atoms with van der Waals surface area (Å²) in [5.74, 6) is 0.240. The standard InChI is InChI=1S/C33H65NO3/c1-4-5-6-7-8-9-10-11-12-13-14-15-16-17-18-19-20-21-22-23-24-25-29-34-33(36)28-26-27-31(2)30-37-32(3)35/h31H,4-30H2,1-3H3,(H,34,36)/t31-/m0/s1. The number of nitrogens with one attached hydrogen (secondary N) is 1. The second-order valence-electron chi connectivity index (χ2n) is 11.6. The molecule has 0 aromatic rings. The van der Waals surface area contributed by atoms with Crippen molar-refractivity contribution in [2.75, 3.05) is 13.2 Å². The van der Waals surface area contributed by atoms with E-state index in [1.807, 2.05) is 0 Å². The first-order valence-electron chi connectivity index (χ1n) is 16.5. The van der Waals surface area contributed by atoms with Crippen LogP contribution in [0.15, 0.2) is 0 Å². The maximum atomic E-state index is 11.9. The number of hydrogen-bond acceptors (Lipinski definition) is 3. The van der Waals surface area contributed by atoms with Crippen molar-refractivity contribution < 1.29 is 14.3 Å². The van der Waals surface area contributed by atoms with Crippen LogP contribution in [0.2, 0.25) is 0 Å². The molecule has 0 heterocycles. The lowest BCUT2D eigenvalue weighted by Crippen LogP contribution is -2.24. The first-order chi connectivity index (χ1) is 18.1. The molecule has 220 valence electrons. The Hall–Kier alpha value is -1.06. The van der Waals surface area contributed by atoms with Gasteiger partial charge in [-0.15, -0.1) is 0 Å². The van der Waals surface area contributed by atoms with Crippen molar-refractivity contribution in [3.05, 3.63) is 0 Å². The smallest absolute Gasteiger partial charge is 0.302 e. The van der Waals surface area contributed by atoms with Crippen LogP contribution in [-0.4, -0.2) is 25.0 Å². The third-order valence-corrected chi connectivity index (χ3v) is 7.52. The van der Waals surface area contributed by atoms with Crippen LogP contribution in [0.1, 0.15) is 181 Å². The predicted octanol–water partition coefficient (Wildman–Crippen LogP) is 10.1. The summed E-state index contributed by atoms with van der Waals surface area (Å²) in [5, 5.41) is 3.04. The highest BCUT2D eigenvalue weighted by Gasteiger charge is 2.06. The Morgan fingerprint density at radius 1 is 0.595 bits per heavy atom. The van der Waals surface area contributed by atoms with Crippen LogP contribution in [0, 0.1) is 5.92 Å². The van der Waals surface area contributed by atoms with Gasteiger partial charge >= 0.3 is 5.97 Å². The summed E-state index contributed by atoms with van der Waals surface area (Å²) >= 11 is 0. The molecule has 37 heavy (non-hydrogen) atoms. The van der Waals surface area contributed by atoms with Crippen molar-refractivity contribution in [3.63, 3.8) is 0 Å². The molecule has 0 bridgehead atoms. The van der Waals surface area contributed by atoms with E-state index >= 15 is 0 Å². The molecule has 0 spiro atoms. The van der Waals surface area contributed by atoms with Crippen molar-refractivity contribution >= 4 is 11.9 Å². The van der Waals surface area contributed by atoms with Gasteiger partial charge < -0.3 is 10.1 Å². The minimum absolute atomic E-state index is 0.156. The molecule has 0 rings (SSSR count). The largest absolute Gasteiger partial charge is 0.466 e. The zero-order valence-electron chi connectivity index (χ0n) is 25.4. The molecule has 1 N–H and O–H groups in total. The van der Waals surface area contributed by atoms with Crippen LogP contribution in [0.4, 0.5) is 0 Å². The molecule has 4 nitrogen and oxygen atoms in total. The number of hydrogen-bond donors (Lipinski definition) is 1. The van der Waals surface area contributed by atoms with Crippen LogP contribution >= 0.6 is 0 Å². The van der Waals surface area contributed by atoms with Crippen molar-refractivity contribution in [1.82, 2.24) is 5.32 Å². The molecule has 0 saturated heterocycles. The van der Waals surface area contributed by atoms with Crippen molar-refractivity contribution in [2.24, 2.45) is 5.92 Å². The van der Waals surface area contributed by atoms with Gasteiger partial charge in [-0.05, 0) is 25.2 Å². The summed E-state index contributed by atoms with van der Waals surface area (Å²) in [6.45, 7) is 7.04. The normalized spacial score (nSPS) is 12.0. The van der Waals surface area contributed by atoms with Gasteiger partial charge in [0.25, 0.3) is 0 Å². The number of amides is 1.